The Labute approximate surface area is 85.4 Å². The molecule has 2 unspecified atom stereocenters. The maximum Gasteiger partial charge on any atom is 0.163 e. The number of nitriles is 2. The minimum atomic E-state index is -1.37. The number of hydrogen-bond donors (Lipinski definition) is 4. The molecule has 2 atom stereocenters. The first kappa shape index (κ1) is 11.0. The van der Waals surface area contributed by atoms with E-state index in [2.05, 4.69) is 10.2 Å². The summed E-state index contributed by atoms with van der Waals surface area (Å²) in [6.45, 7) is 0. The summed E-state index contributed by atoms with van der Waals surface area (Å²) < 4.78 is 0. The molecule has 0 fully saturated rings. The highest BCUT2D eigenvalue weighted by Crippen LogP contribution is 2.23. The standard InChI is InChI=1S/C8H9N5O2/c9-2-1-5(14)7(15)6-4(3-10)8(11)13-12-6/h5,7,14-15H,1H2,(H3,11,12,13). The van der Waals surface area contributed by atoms with Gasteiger partial charge in [0.05, 0.1) is 24.3 Å². The fourth-order valence-electron chi connectivity index (χ4n) is 1.10. The largest absolute Gasteiger partial charge is 0.389 e. The van der Waals surface area contributed by atoms with Crippen molar-refractivity contribution in [3.63, 3.8) is 0 Å². The van der Waals surface area contributed by atoms with Gasteiger partial charge in [-0.25, -0.2) is 0 Å². The average molecular weight is 207 g/mol. The van der Waals surface area contributed by atoms with E-state index < -0.39 is 12.2 Å². The van der Waals surface area contributed by atoms with E-state index in [0.29, 0.717) is 0 Å². The molecule has 0 radical (unpaired) electrons. The SMILES string of the molecule is N#CCC(O)C(O)c1[nH]nc(N)c1C#N. The minimum absolute atomic E-state index is 0.0144. The fraction of sp³-hybridized carbons (Fsp3) is 0.375. The number of aliphatic hydroxyl groups is 2. The van der Waals surface area contributed by atoms with Crippen molar-refractivity contribution in [2.75, 3.05) is 5.73 Å². The van der Waals surface area contributed by atoms with Gasteiger partial charge in [-0.2, -0.15) is 15.6 Å². The van der Waals surface area contributed by atoms with E-state index in [0.717, 1.165) is 0 Å². The molecule has 1 rings (SSSR count). The molecule has 0 saturated heterocycles. The van der Waals surface area contributed by atoms with Gasteiger partial charge >= 0.3 is 0 Å². The summed E-state index contributed by atoms with van der Waals surface area (Å²) in [5.74, 6) is -0.0456. The molecule has 0 aromatic carbocycles. The molecule has 0 bridgehead atoms. The van der Waals surface area contributed by atoms with E-state index in [1.54, 1.807) is 12.1 Å². The second kappa shape index (κ2) is 4.42. The molecular formula is C8H9N5O2. The maximum absolute atomic E-state index is 9.57. The van der Waals surface area contributed by atoms with E-state index in [4.69, 9.17) is 16.3 Å². The fourth-order valence-corrected chi connectivity index (χ4v) is 1.10. The van der Waals surface area contributed by atoms with E-state index in [1.807, 2.05) is 0 Å². The predicted molar refractivity (Wildman–Crippen MR) is 48.9 cm³/mol. The Morgan fingerprint density at radius 1 is 1.47 bits per heavy atom. The van der Waals surface area contributed by atoms with Crippen molar-refractivity contribution in [3.05, 3.63) is 11.3 Å². The lowest BCUT2D eigenvalue weighted by atomic mass is 10.1. The topological polar surface area (TPSA) is 143 Å². The Morgan fingerprint density at radius 2 is 2.13 bits per heavy atom. The first-order valence-electron chi connectivity index (χ1n) is 4.08. The number of hydrogen-bond acceptors (Lipinski definition) is 6. The van der Waals surface area contributed by atoms with Crippen LogP contribution in [-0.2, 0) is 0 Å². The van der Waals surface area contributed by atoms with Crippen molar-refractivity contribution in [1.29, 1.82) is 10.5 Å². The molecular weight excluding hydrogens is 198 g/mol. The van der Waals surface area contributed by atoms with Crippen LogP contribution in [0, 0.1) is 22.7 Å². The van der Waals surface area contributed by atoms with Crippen LogP contribution in [0.2, 0.25) is 0 Å². The highest BCUT2D eigenvalue weighted by atomic mass is 16.3. The maximum atomic E-state index is 9.57. The average Bonchev–Trinajstić information content (AvgIpc) is 2.58. The molecule has 78 valence electrons. The molecule has 0 aliphatic carbocycles. The summed E-state index contributed by atoms with van der Waals surface area (Å²) in [4.78, 5) is 0. The van der Waals surface area contributed by atoms with Crippen molar-refractivity contribution < 1.29 is 10.2 Å². The highest BCUT2D eigenvalue weighted by molar-refractivity contribution is 5.51. The second-order valence-electron chi connectivity index (χ2n) is 2.88. The Bertz CT molecular complexity index is 427. The Hall–Kier alpha value is -2.09. The van der Waals surface area contributed by atoms with Gasteiger partial charge in [-0.3, -0.25) is 5.10 Å². The van der Waals surface area contributed by atoms with Crippen molar-refractivity contribution in [1.82, 2.24) is 10.2 Å². The summed E-state index contributed by atoms with van der Waals surface area (Å²) in [6.07, 6.45) is -2.89. The molecule has 7 nitrogen and oxygen atoms in total. The number of nitrogens with two attached hydrogens (primary N) is 1. The number of aromatic amines is 1. The smallest absolute Gasteiger partial charge is 0.163 e. The van der Waals surface area contributed by atoms with Gasteiger partial charge in [0.25, 0.3) is 0 Å². The minimum Gasteiger partial charge on any atom is -0.389 e. The zero-order valence-electron chi connectivity index (χ0n) is 7.68. The van der Waals surface area contributed by atoms with Crippen molar-refractivity contribution in [3.8, 4) is 12.1 Å². The lowest BCUT2D eigenvalue weighted by Crippen LogP contribution is -2.18. The van der Waals surface area contributed by atoms with Gasteiger partial charge in [0.15, 0.2) is 5.82 Å². The normalized spacial score (nSPS) is 13.9. The molecule has 15 heavy (non-hydrogen) atoms. The molecule has 0 spiro atoms. The van der Waals surface area contributed by atoms with Gasteiger partial charge in [-0.05, 0) is 0 Å². The second-order valence-corrected chi connectivity index (χ2v) is 2.88. The van der Waals surface area contributed by atoms with E-state index in [1.165, 1.54) is 0 Å². The molecule has 0 saturated carbocycles. The number of nitrogens with one attached hydrogen (secondary N) is 1. The zero-order chi connectivity index (χ0) is 11.4. The molecule has 0 amide bonds. The van der Waals surface area contributed by atoms with E-state index >= 15 is 0 Å². The van der Waals surface area contributed by atoms with Gasteiger partial charge in [0.1, 0.15) is 17.7 Å². The van der Waals surface area contributed by atoms with Crippen LogP contribution < -0.4 is 5.73 Å². The van der Waals surface area contributed by atoms with Crippen LogP contribution in [0.4, 0.5) is 5.82 Å². The van der Waals surface area contributed by atoms with Gasteiger partial charge in [-0.1, -0.05) is 0 Å². The first-order valence-corrected chi connectivity index (χ1v) is 4.08. The molecule has 0 aliphatic heterocycles. The van der Waals surface area contributed by atoms with Gasteiger partial charge in [-0.15, -0.1) is 0 Å². The molecule has 0 aliphatic rings. The summed E-state index contributed by atoms with van der Waals surface area (Å²) in [5.41, 5.74) is 5.35. The summed E-state index contributed by atoms with van der Waals surface area (Å²) in [6, 6.07) is 3.45. The number of rotatable bonds is 3. The number of nitrogens with zero attached hydrogens (tertiary/aromatic N) is 3. The van der Waals surface area contributed by atoms with Crippen LogP contribution in [0.5, 0.6) is 0 Å². The highest BCUT2D eigenvalue weighted by Gasteiger charge is 2.24. The first-order chi connectivity index (χ1) is 7.11. The molecule has 5 N–H and O–H groups in total. The Balaban J connectivity index is 2.97. The molecule has 1 aromatic heterocycles. The molecule has 7 heteroatoms. The van der Waals surface area contributed by atoms with Gasteiger partial charge in [0.2, 0.25) is 0 Å². The van der Waals surface area contributed by atoms with Crippen LogP contribution in [0.25, 0.3) is 0 Å². The third-order valence-electron chi connectivity index (χ3n) is 1.89. The third-order valence-corrected chi connectivity index (χ3v) is 1.89. The zero-order valence-corrected chi connectivity index (χ0v) is 7.68. The number of H-pyrrole nitrogens is 1. The number of aliphatic hydroxyl groups excluding tert-OH is 2. The van der Waals surface area contributed by atoms with Crippen LogP contribution in [0.1, 0.15) is 23.8 Å². The lowest BCUT2D eigenvalue weighted by molar-refractivity contribution is 0.0188. The third kappa shape index (κ3) is 2.05. The van der Waals surface area contributed by atoms with Crippen LogP contribution in [-0.4, -0.2) is 26.5 Å². The summed E-state index contributed by atoms with van der Waals surface area (Å²) in [5, 5.41) is 41.8. The van der Waals surface area contributed by atoms with E-state index in [9.17, 15) is 10.2 Å². The summed E-state index contributed by atoms with van der Waals surface area (Å²) >= 11 is 0. The monoisotopic (exact) mass is 207 g/mol. The number of nitrogen functional groups attached to an aromatic ring is 1. The van der Waals surface area contributed by atoms with Crippen molar-refractivity contribution in [2.45, 2.75) is 18.6 Å². The number of anilines is 1. The van der Waals surface area contributed by atoms with Crippen LogP contribution in [0.15, 0.2) is 0 Å². The number of aromatic nitrogens is 2. The quantitative estimate of drug-likeness (QED) is 0.509. The van der Waals surface area contributed by atoms with Crippen LogP contribution >= 0.6 is 0 Å². The Morgan fingerprint density at radius 3 is 2.67 bits per heavy atom. The van der Waals surface area contributed by atoms with E-state index in [-0.39, 0.29) is 23.5 Å². The van der Waals surface area contributed by atoms with Crippen molar-refractivity contribution in [2.24, 2.45) is 0 Å². The van der Waals surface area contributed by atoms with Gasteiger partial charge in [0, 0.05) is 0 Å². The Kier molecular flexibility index (Phi) is 3.24. The predicted octanol–water partition coefficient (Wildman–Crippen LogP) is -0.828. The summed E-state index contributed by atoms with van der Waals surface area (Å²) in [7, 11) is 0. The van der Waals surface area contributed by atoms with Gasteiger partial charge < -0.3 is 15.9 Å². The lowest BCUT2D eigenvalue weighted by Gasteiger charge is -2.13. The molecule has 1 heterocycles. The van der Waals surface area contributed by atoms with Crippen LogP contribution in [0.3, 0.4) is 0 Å². The molecule has 1 aromatic rings. The van der Waals surface area contributed by atoms with Crippen molar-refractivity contribution >= 4 is 5.82 Å².